The normalized spacial score (nSPS) is 44.1. The monoisotopic (exact) mass is 152 g/mol. The zero-order valence-electron chi connectivity index (χ0n) is 7.23. The molecule has 0 aromatic carbocycles. The van der Waals surface area contributed by atoms with E-state index in [4.69, 9.17) is 0 Å². The van der Waals surface area contributed by atoms with Gasteiger partial charge in [0.2, 0.25) is 0 Å². The molecular weight excluding hydrogens is 136 g/mol. The molecule has 62 valence electrons. The SMILES string of the molecule is C[C@@]12CCC[C@@H]1CC(=O)CC2. The molecule has 2 aliphatic carbocycles. The summed E-state index contributed by atoms with van der Waals surface area (Å²) in [5, 5.41) is 0. The molecule has 2 fully saturated rings. The van der Waals surface area contributed by atoms with Crippen molar-refractivity contribution in [2.24, 2.45) is 11.3 Å². The molecule has 0 bridgehead atoms. The van der Waals surface area contributed by atoms with E-state index in [1.165, 1.54) is 19.3 Å². The smallest absolute Gasteiger partial charge is 0.133 e. The minimum Gasteiger partial charge on any atom is -0.300 e. The molecule has 0 unspecified atom stereocenters. The van der Waals surface area contributed by atoms with Gasteiger partial charge in [0.1, 0.15) is 5.78 Å². The molecule has 2 aliphatic rings. The van der Waals surface area contributed by atoms with Gasteiger partial charge in [0, 0.05) is 12.8 Å². The average molecular weight is 152 g/mol. The largest absolute Gasteiger partial charge is 0.300 e. The van der Waals surface area contributed by atoms with Gasteiger partial charge in [0.25, 0.3) is 0 Å². The van der Waals surface area contributed by atoms with Gasteiger partial charge in [-0.3, -0.25) is 4.79 Å². The molecule has 0 saturated heterocycles. The third-order valence-electron chi connectivity index (χ3n) is 3.74. The van der Waals surface area contributed by atoms with Crippen molar-refractivity contribution in [1.29, 1.82) is 0 Å². The van der Waals surface area contributed by atoms with Crippen LogP contribution in [0.15, 0.2) is 0 Å². The topological polar surface area (TPSA) is 17.1 Å². The molecule has 2 atom stereocenters. The number of hydrogen-bond donors (Lipinski definition) is 0. The molecule has 1 nitrogen and oxygen atoms in total. The first-order valence-electron chi connectivity index (χ1n) is 4.72. The fourth-order valence-electron chi connectivity index (χ4n) is 2.78. The third kappa shape index (κ3) is 1.11. The fourth-order valence-corrected chi connectivity index (χ4v) is 2.78. The summed E-state index contributed by atoms with van der Waals surface area (Å²) in [5.74, 6) is 1.25. The maximum absolute atomic E-state index is 11.1. The minimum absolute atomic E-state index is 0.509. The number of fused-ring (bicyclic) bond motifs is 1. The highest BCUT2D eigenvalue weighted by Crippen LogP contribution is 2.50. The lowest BCUT2D eigenvalue weighted by molar-refractivity contribution is -0.124. The van der Waals surface area contributed by atoms with Crippen LogP contribution < -0.4 is 0 Å². The summed E-state index contributed by atoms with van der Waals surface area (Å²) >= 11 is 0. The maximum atomic E-state index is 11.1. The molecule has 0 aromatic rings. The van der Waals surface area contributed by atoms with Crippen molar-refractivity contribution in [3.8, 4) is 0 Å². The van der Waals surface area contributed by atoms with Crippen LogP contribution in [-0.2, 0) is 4.79 Å². The number of carbonyl (C=O) groups excluding carboxylic acids is 1. The molecule has 2 saturated carbocycles. The highest BCUT2D eigenvalue weighted by molar-refractivity contribution is 5.79. The maximum Gasteiger partial charge on any atom is 0.133 e. The molecule has 0 spiro atoms. The predicted molar refractivity (Wildman–Crippen MR) is 44.3 cm³/mol. The summed E-state index contributed by atoms with van der Waals surface area (Å²) in [6, 6.07) is 0. The first-order chi connectivity index (χ1) is 5.21. The summed E-state index contributed by atoms with van der Waals surface area (Å²) < 4.78 is 0. The second-order valence-corrected chi connectivity index (χ2v) is 4.49. The van der Waals surface area contributed by atoms with E-state index in [9.17, 15) is 4.79 Å². The van der Waals surface area contributed by atoms with Crippen molar-refractivity contribution >= 4 is 5.78 Å². The van der Waals surface area contributed by atoms with E-state index in [0.717, 1.165) is 25.2 Å². The lowest BCUT2D eigenvalue weighted by Crippen LogP contribution is -2.29. The summed E-state index contributed by atoms with van der Waals surface area (Å²) in [6.45, 7) is 2.37. The van der Waals surface area contributed by atoms with Gasteiger partial charge in [-0.05, 0) is 30.6 Å². The summed E-state index contributed by atoms with van der Waals surface area (Å²) in [5.41, 5.74) is 0.550. The minimum atomic E-state index is 0.509. The van der Waals surface area contributed by atoms with Crippen LogP contribution in [0.3, 0.4) is 0 Å². The number of hydrogen-bond acceptors (Lipinski definition) is 1. The molecule has 1 heteroatoms. The van der Waals surface area contributed by atoms with Gasteiger partial charge in [0.15, 0.2) is 0 Å². The Morgan fingerprint density at radius 1 is 1.45 bits per heavy atom. The van der Waals surface area contributed by atoms with Crippen molar-refractivity contribution in [2.75, 3.05) is 0 Å². The van der Waals surface area contributed by atoms with Gasteiger partial charge < -0.3 is 0 Å². The van der Waals surface area contributed by atoms with Crippen LogP contribution in [-0.4, -0.2) is 5.78 Å². The number of rotatable bonds is 0. The standard InChI is InChI=1S/C10H16O/c1-10-5-2-3-8(10)7-9(11)4-6-10/h8H,2-7H2,1H3/t8-,10+/m1/s1. The van der Waals surface area contributed by atoms with Crippen molar-refractivity contribution in [3.05, 3.63) is 0 Å². The van der Waals surface area contributed by atoms with Crippen molar-refractivity contribution in [1.82, 2.24) is 0 Å². The Kier molecular flexibility index (Phi) is 1.55. The Morgan fingerprint density at radius 3 is 3.09 bits per heavy atom. The Bertz CT molecular complexity index is 185. The van der Waals surface area contributed by atoms with E-state index in [1.54, 1.807) is 0 Å². The molecule has 0 aromatic heterocycles. The van der Waals surface area contributed by atoms with E-state index in [-0.39, 0.29) is 0 Å². The third-order valence-corrected chi connectivity index (χ3v) is 3.74. The molecule has 11 heavy (non-hydrogen) atoms. The van der Waals surface area contributed by atoms with E-state index in [2.05, 4.69) is 6.92 Å². The molecule has 0 aliphatic heterocycles. The number of ketones is 1. The molecule has 0 radical (unpaired) electrons. The molecule has 0 N–H and O–H groups in total. The highest BCUT2D eigenvalue weighted by Gasteiger charge is 2.42. The van der Waals surface area contributed by atoms with Crippen LogP contribution in [0, 0.1) is 11.3 Å². The van der Waals surface area contributed by atoms with Crippen LogP contribution in [0.4, 0.5) is 0 Å². The van der Waals surface area contributed by atoms with E-state index in [1.807, 2.05) is 0 Å². The quantitative estimate of drug-likeness (QED) is 0.521. The molecule has 2 rings (SSSR count). The van der Waals surface area contributed by atoms with Gasteiger partial charge in [-0.2, -0.15) is 0 Å². The van der Waals surface area contributed by atoms with Gasteiger partial charge in [-0.15, -0.1) is 0 Å². The van der Waals surface area contributed by atoms with Crippen molar-refractivity contribution in [3.63, 3.8) is 0 Å². The van der Waals surface area contributed by atoms with Gasteiger partial charge in [-0.25, -0.2) is 0 Å². The van der Waals surface area contributed by atoms with E-state index >= 15 is 0 Å². The molecular formula is C10H16O. The lowest BCUT2D eigenvalue weighted by atomic mass is 9.69. The summed E-state index contributed by atoms with van der Waals surface area (Å²) in [7, 11) is 0. The zero-order chi connectivity index (χ0) is 7.90. The van der Waals surface area contributed by atoms with E-state index in [0.29, 0.717) is 11.2 Å². The van der Waals surface area contributed by atoms with Gasteiger partial charge in [0.05, 0.1) is 0 Å². The lowest BCUT2D eigenvalue weighted by Gasteiger charge is -2.35. The van der Waals surface area contributed by atoms with Crippen LogP contribution >= 0.6 is 0 Å². The predicted octanol–water partition coefficient (Wildman–Crippen LogP) is 2.55. The first kappa shape index (κ1) is 7.33. The second-order valence-electron chi connectivity index (χ2n) is 4.49. The summed E-state index contributed by atoms with van der Waals surface area (Å²) in [4.78, 5) is 11.1. The molecule has 0 amide bonds. The van der Waals surface area contributed by atoms with Gasteiger partial charge >= 0.3 is 0 Å². The number of Topliss-reactive ketones (excluding diaryl/α,β-unsaturated/α-hetero) is 1. The van der Waals surface area contributed by atoms with Crippen LogP contribution in [0.2, 0.25) is 0 Å². The zero-order valence-corrected chi connectivity index (χ0v) is 7.23. The Balaban J connectivity index is 2.14. The van der Waals surface area contributed by atoms with Crippen LogP contribution in [0.25, 0.3) is 0 Å². The Labute approximate surface area is 68.2 Å². The second kappa shape index (κ2) is 2.33. The number of carbonyl (C=O) groups is 1. The van der Waals surface area contributed by atoms with Crippen molar-refractivity contribution < 1.29 is 4.79 Å². The molecule has 0 heterocycles. The van der Waals surface area contributed by atoms with Crippen molar-refractivity contribution in [2.45, 2.75) is 45.4 Å². The van der Waals surface area contributed by atoms with Gasteiger partial charge in [-0.1, -0.05) is 13.3 Å². The average Bonchev–Trinajstić information content (AvgIpc) is 2.31. The first-order valence-corrected chi connectivity index (χ1v) is 4.72. The fraction of sp³-hybridized carbons (Fsp3) is 0.900. The van der Waals surface area contributed by atoms with E-state index < -0.39 is 0 Å². The Hall–Kier alpha value is -0.330. The van der Waals surface area contributed by atoms with Crippen LogP contribution in [0.5, 0.6) is 0 Å². The highest BCUT2D eigenvalue weighted by atomic mass is 16.1. The summed E-state index contributed by atoms with van der Waals surface area (Å²) in [6.07, 6.45) is 6.93. The van der Waals surface area contributed by atoms with Crippen LogP contribution in [0.1, 0.15) is 45.4 Å². The Morgan fingerprint density at radius 2 is 2.27 bits per heavy atom.